The summed E-state index contributed by atoms with van der Waals surface area (Å²) in [5, 5.41) is 3.13. The van der Waals surface area contributed by atoms with E-state index in [0.717, 1.165) is 25.7 Å². The Labute approximate surface area is 97.9 Å². The van der Waals surface area contributed by atoms with Gasteiger partial charge in [0.1, 0.15) is 6.10 Å². The molecule has 1 heterocycles. The van der Waals surface area contributed by atoms with Gasteiger partial charge in [-0.05, 0) is 44.4 Å². The van der Waals surface area contributed by atoms with E-state index in [1.165, 1.54) is 6.42 Å². The van der Waals surface area contributed by atoms with Crippen molar-refractivity contribution >= 4 is 5.91 Å². The number of rotatable bonds is 2. The lowest BCUT2D eigenvalue weighted by Gasteiger charge is -2.19. The standard InChI is InChI=1S/C13H23NO2/c1-9-4-5-11(16-9)12(15)14-10-6-7-13(2,3)8-10/h9-11H,4-8H2,1-3H3,(H,14,15). The highest BCUT2D eigenvalue weighted by molar-refractivity contribution is 5.81. The van der Waals surface area contributed by atoms with Crippen LogP contribution in [0, 0.1) is 5.41 Å². The smallest absolute Gasteiger partial charge is 0.249 e. The quantitative estimate of drug-likeness (QED) is 0.782. The minimum atomic E-state index is -0.196. The molecule has 1 aliphatic carbocycles. The van der Waals surface area contributed by atoms with Crippen LogP contribution < -0.4 is 5.32 Å². The SMILES string of the molecule is CC1CCC(C(=O)NC2CCC(C)(C)C2)O1. The van der Waals surface area contributed by atoms with Gasteiger partial charge in [0, 0.05) is 6.04 Å². The van der Waals surface area contributed by atoms with Crippen LogP contribution in [0.1, 0.15) is 52.9 Å². The van der Waals surface area contributed by atoms with Gasteiger partial charge in [0.25, 0.3) is 0 Å². The fourth-order valence-electron chi connectivity index (χ4n) is 2.85. The molecule has 1 saturated heterocycles. The number of carbonyl (C=O) groups is 1. The lowest BCUT2D eigenvalue weighted by Crippen LogP contribution is -2.40. The molecule has 1 amide bonds. The molecule has 3 nitrogen and oxygen atoms in total. The normalized spacial score (nSPS) is 37.6. The highest BCUT2D eigenvalue weighted by atomic mass is 16.5. The minimum absolute atomic E-state index is 0.104. The first kappa shape index (κ1) is 11.9. The van der Waals surface area contributed by atoms with E-state index in [1.807, 2.05) is 6.92 Å². The van der Waals surface area contributed by atoms with Gasteiger partial charge in [-0.1, -0.05) is 13.8 Å². The number of hydrogen-bond acceptors (Lipinski definition) is 2. The van der Waals surface area contributed by atoms with Crippen molar-refractivity contribution in [3.63, 3.8) is 0 Å². The molecule has 2 aliphatic rings. The average Bonchev–Trinajstić information content (AvgIpc) is 2.73. The molecule has 1 aliphatic heterocycles. The van der Waals surface area contributed by atoms with Crippen LogP contribution in [0.3, 0.4) is 0 Å². The molecule has 0 radical (unpaired) electrons. The van der Waals surface area contributed by atoms with Crippen LogP contribution in [0.25, 0.3) is 0 Å². The van der Waals surface area contributed by atoms with Gasteiger partial charge >= 0.3 is 0 Å². The van der Waals surface area contributed by atoms with Crippen molar-refractivity contribution in [2.75, 3.05) is 0 Å². The van der Waals surface area contributed by atoms with E-state index in [4.69, 9.17) is 4.74 Å². The fourth-order valence-corrected chi connectivity index (χ4v) is 2.85. The molecule has 92 valence electrons. The van der Waals surface area contributed by atoms with Gasteiger partial charge in [-0.15, -0.1) is 0 Å². The predicted octanol–water partition coefficient (Wildman–Crippen LogP) is 2.25. The number of hydrogen-bond donors (Lipinski definition) is 1. The van der Waals surface area contributed by atoms with Crippen molar-refractivity contribution in [2.24, 2.45) is 5.41 Å². The van der Waals surface area contributed by atoms with Crippen molar-refractivity contribution in [3.8, 4) is 0 Å². The summed E-state index contributed by atoms with van der Waals surface area (Å²) in [5.74, 6) is 0.104. The Bertz CT molecular complexity index is 275. The topological polar surface area (TPSA) is 38.3 Å². The first-order valence-corrected chi connectivity index (χ1v) is 6.42. The minimum Gasteiger partial charge on any atom is -0.365 e. The van der Waals surface area contributed by atoms with E-state index >= 15 is 0 Å². The van der Waals surface area contributed by atoms with Gasteiger partial charge in [0.15, 0.2) is 0 Å². The Balaban J connectivity index is 1.80. The van der Waals surface area contributed by atoms with Crippen molar-refractivity contribution in [3.05, 3.63) is 0 Å². The predicted molar refractivity (Wildman–Crippen MR) is 63.1 cm³/mol. The van der Waals surface area contributed by atoms with Crippen molar-refractivity contribution in [2.45, 2.75) is 71.1 Å². The summed E-state index contributed by atoms with van der Waals surface area (Å²) in [5.41, 5.74) is 0.391. The van der Waals surface area contributed by atoms with Gasteiger partial charge in [-0.25, -0.2) is 0 Å². The van der Waals surface area contributed by atoms with Crippen LogP contribution in [0.2, 0.25) is 0 Å². The number of carbonyl (C=O) groups excluding carboxylic acids is 1. The molecule has 3 heteroatoms. The average molecular weight is 225 g/mol. The summed E-state index contributed by atoms with van der Waals surface area (Å²) >= 11 is 0. The molecule has 1 N–H and O–H groups in total. The molecule has 0 aromatic carbocycles. The third-order valence-electron chi connectivity index (χ3n) is 3.84. The molecule has 0 spiro atoms. The Kier molecular flexibility index (Phi) is 3.24. The second kappa shape index (κ2) is 4.36. The summed E-state index contributed by atoms with van der Waals surface area (Å²) in [6.07, 6.45) is 5.36. The van der Waals surface area contributed by atoms with E-state index in [0.29, 0.717) is 11.5 Å². The summed E-state index contributed by atoms with van der Waals surface area (Å²) in [7, 11) is 0. The van der Waals surface area contributed by atoms with Crippen LogP contribution in [0.15, 0.2) is 0 Å². The maximum absolute atomic E-state index is 11.9. The molecule has 3 atom stereocenters. The number of ether oxygens (including phenoxy) is 1. The summed E-state index contributed by atoms with van der Waals surface area (Å²) in [6, 6.07) is 0.363. The van der Waals surface area contributed by atoms with Crippen LogP contribution in [0.5, 0.6) is 0 Å². The second-order valence-corrected chi connectivity index (χ2v) is 6.13. The van der Waals surface area contributed by atoms with E-state index in [2.05, 4.69) is 19.2 Å². The largest absolute Gasteiger partial charge is 0.365 e. The zero-order valence-electron chi connectivity index (χ0n) is 10.6. The van der Waals surface area contributed by atoms with Gasteiger partial charge in [-0.3, -0.25) is 4.79 Å². The molecule has 2 fully saturated rings. The summed E-state index contributed by atoms with van der Waals surface area (Å²) in [4.78, 5) is 11.9. The van der Waals surface area contributed by atoms with E-state index in [9.17, 15) is 4.79 Å². The maximum atomic E-state index is 11.9. The summed E-state index contributed by atoms with van der Waals surface area (Å²) < 4.78 is 5.57. The highest BCUT2D eigenvalue weighted by Gasteiger charge is 2.34. The highest BCUT2D eigenvalue weighted by Crippen LogP contribution is 2.37. The van der Waals surface area contributed by atoms with Crippen LogP contribution in [0.4, 0.5) is 0 Å². The second-order valence-electron chi connectivity index (χ2n) is 6.13. The van der Waals surface area contributed by atoms with Crippen molar-refractivity contribution < 1.29 is 9.53 Å². The Morgan fingerprint density at radius 3 is 2.56 bits per heavy atom. The number of nitrogens with one attached hydrogen (secondary N) is 1. The molecule has 3 unspecified atom stereocenters. The molecule has 2 rings (SSSR count). The van der Waals surface area contributed by atoms with Crippen molar-refractivity contribution in [1.82, 2.24) is 5.32 Å². The summed E-state index contributed by atoms with van der Waals surface area (Å²) in [6.45, 7) is 6.58. The van der Waals surface area contributed by atoms with Gasteiger partial charge in [0.05, 0.1) is 6.10 Å². The monoisotopic (exact) mass is 225 g/mol. The Morgan fingerprint density at radius 1 is 1.31 bits per heavy atom. The van der Waals surface area contributed by atoms with Gasteiger partial charge < -0.3 is 10.1 Å². The van der Waals surface area contributed by atoms with E-state index in [1.54, 1.807) is 0 Å². The first-order valence-electron chi connectivity index (χ1n) is 6.42. The fraction of sp³-hybridized carbons (Fsp3) is 0.923. The van der Waals surface area contributed by atoms with Crippen LogP contribution in [-0.4, -0.2) is 24.2 Å². The zero-order chi connectivity index (χ0) is 11.8. The molecule has 0 aromatic rings. The van der Waals surface area contributed by atoms with Crippen molar-refractivity contribution in [1.29, 1.82) is 0 Å². The lowest BCUT2D eigenvalue weighted by atomic mass is 9.92. The number of amides is 1. The van der Waals surface area contributed by atoms with Crippen LogP contribution in [-0.2, 0) is 9.53 Å². The molecule has 16 heavy (non-hydrogen) atoms. The molecule has 1 saturated carbocycles. The lowest BCUT2D eigenvalue weighted by molar-refractivity contribution is -0.132. The Morgan fingerprint density at radius 2 is 2.06 bits per heavy atom. The third-order valence-corrected chi connectivity index (χ3v) is 3.84. The van der Waals surface area contributed by atoms with Gasteiger partial charge in [-0.2, -0.15) is 0 Å². The molecular formula is C13H23NO2. The molecule has 0 bridgehead atoms. The third kappa shape index (κ3) is 2.76. The molecular weight excluding hydrogens is 202 g/mol. The first-order chi connectivity index (χ1) is 7.46. The van der Waals surface area contributed by atoms with E-state index in [-0.39, 0.29) is 18.1 Å². The van der Waals surface area contributed by atoms with E-state index < -0.39 is 0 Å². The maximum Gasteiger partial charge on any atom is 0.249 e. The van der Waals surface area contributed by atoms with Crippen LogP contribution >= 0.6 is 0 Å². The molecule has 0 aromatic heterocycles. The Hall–Kier alpha value is -0.570. The zero-order valence-corrected chi connectivity index (χ0v) is 10.6. The van der Waals surface area contributed by atoms with Gasteiger partial charge in [0.2, 0.25) is 5.91 Å².